The first-order valence-corrected chi connectivity index (χ1v) is 13.0. The molecule has 6 nitrogen and oxygen atoms in total. The third-order valence-corrected chi connectivity index (χ3v) is 7.74. The van der Waals surface area contributed by atoms with Crippen molar-refractivity contribution >= 4 is 28.2 Å². The first-order chi connectivity index (χ1) is 17.2. The summed E-state index contributed by atoms with van der Waals surface area (Å²) in [4.78, 5) is 9.64. The van der Waals surface area contributed by atoms with Crippen molar-refractivity contribution in [1.82, 2.24) is 14.8 Å². The zero-order chi connectivity index (χ0) is 23.8. The first kappa shape index (κ1) is 22.0. The second-order valence-electron chi connectivity index (χ2n) is 9.93. The van der Waals surface area contributed by atoms with Gasteiger partial charge in [-0.3, -0.25) is 4.68 Å². The summed E-state index contributed by atoms with van der Waals surface area (Å²) in [6.45, 7) is 5.01. The lowest BCUT2D eigenvalue weighted by molar-refractivity contribution is 0.296. The van der Waals surface area contributed by atoms with Crippen LogP contribution in [0.4, 0.5) is 17.3 Å². The Hall–Kier alpha value is -3.54. The highest BCUT2D eigenvalue weighted by Crippen LogP contribution is 2.36. The quantitative estimate of drug-likeness (QED) is 0.421. The number of nitrogens with two attached hydrogens (primary N) is 1. The van der Waals surface area contributed by atoms with Gasteiger partial charge in [-0.15, -0.1) is 0 Å². The van der Waals surface area contributed by atoms with Gasteiger partial charge in [-0.05, 0) is 68.0 Å². The van der Waals surface area contributed by atoms with Gasteiger partial charge in [-0.2, -0.15) is 5.10 Å². The maximum atomic E-state index is 6.05. The first-order valence-electron chi connectivity index (χ1n) is 13.0. The molecule has 3 heterocycles. The Labute approximate surface area is 207 Å². The molecule has 2 aromatic carbocycles. The number of aryl methyl sites for hydroxylation is 1. The minimum Gasteiger partial charge on any atom is -0.384 e. The molecule has 0 spiro atoms. The lowest BCUT2D eigenvalue weighted by atomic mass is 9.93. The molecule has 1 atom stereocenters. The highest BCUT2D eigenvalue weighted by atomic mass is 15.3. The number of hydrogen-bond donors (Lipinski definition) is 1. The standard InChI is InChI=1S/C29H34N6/c1-2-26-25-15-14-23(19-27(25)35(32-26)22-10-6-11-22)33-16-17-34(29-13-7-12-28(30)31-29)24(20-33)18-21-8-4-3-5-9-21/h3-5,7-9,12-15,19,22,24H,2,6,10-11,16-18,20H2,1H3,(H2,30,31). The van der Waals surface area contributed by atoms with E-state index in [0.717, 1.165) is 38.3 Å². The van der Waals surface area contributed by atoms with Crippen molar-refractivity contribution in [3.05, 3.63) is 78.0 Å². The number of fused-ring (bicyclic) bond motifs is 1. The predicted octanol–water partition coefficient (Wildman–Crippen LogP) is 5.24. The van der Waals surface area contributed by atoms with Crippen LogP contribution >= 0.6 is 0 Å². The van der Waals surface area contributed by atoms with Crippen molar-refractivity contribution in [3.63, 3.8) is 0 Å². The zero-order valence-electron chi connectivity index (χ0n) is 20.5. The Balaban J connectivity index is 1.32. The maximum absolute atomic E-state index is 6.05. The van der Waals surface area contributed by atoms with Gasteiger partial charge in [0, 0.05) is 30.7 Å². The average Bonchev–Trinajstić information content (AvgIpc) is 3.21. The summed E-state index contributed by atoms with van der Waals surface area (Å²) in [7, 11) is 0. The van der Waals surface area contributed by atoms with Crippen LogP contribution in [0.25, 0.3) is 10.9 Å². The molecule has 2 N–H and O–H groups in total. The largest absolute Gasteiger partial charge is 0.384 e. The fraction of sp³-hybridized carbons (Fsp3) is 0.379. The van der Waals surface area contributed by atoms with Crippen LogP contribution in [-0.4, -0.2) is 40.4 Å². The molecule has 2 aliphatic rings. The third-order valence-electron chi connectivity index (χ3n) is 7.74. The molecule has 0 bridgehead atoms. The van der Waals surface area contributed by atoms with Gasteiger partial charge in [0.2, 0.25) is 0 Å². The summed E-state index contributed by atoms with van der Waals surface area (Å²) >= 11 is 0. The Kier molecular flexibility index (Phi) is 5.80. The molecule has 1 aliphatic carbocycles. The van der Waals surface area contributed by atoms with Gasteiger partial charge in [0.25, 0.3) is 0 Å². The zero-order valence-corrected chi connectivity index (χ0v) is 20.5. The second kappa shape index (κ2) is 9.25. The third kappa shape index (κ3) is 4.22. The van der Waals surface area contributed by atoms with E-state index in [-0.39, 0.29) is 0 Å². The molecule has 1 saturated carbocycles. The number of piperazine rings is 1. The topological polar surface area (TPSA) is 63.2 Å². The van der Waals surface area contributed by atoms with E-state index < -0.39 is 0 Å². The summed E-state index contributed by atoms with van der Waals surface area (Å²) in [5.41, 5.74) is 11.2. The Morgan fingerprint density at radius 3 is 2.57 bits per heavy atom. The molecule has 4 aromatic rings. The number of aromatic nitrogens is 3. The lowest BCUT2D eigenvalue weighted by Crippen LogP contribution is -2.54. The van der Waals surface area contributed by atoms with Crippen molar-refractivity contribution in [1.29, 1.82) is 0 Å². The van der Waals surface area contributed by atoms with E-state index in [9.17, 15) is 0 Å². The van der Waals surface area contributed by atoms with Gasteiger partial charge in [0.15, 0.2) is 0 Å². The number of pyridine rings is 1. The molecule has 2 fully saturated rings. The van der Waals surface area contributed by atoms with E-state index in [1.54, 1.807) is 0 Å². The van der Waals surface area contributed by atoms with Crippen molar-refractivity contribution in [2.24, 2.45) is 0 Å². The Morgan fingerprint density at radius 2 is 1.83 bits per heavy atom. The van der Waals surface area contributed by atoms with Crippen LogP contribution in [0.2, 0.25) is 0 Å². The molecular formula is C29H34N6. The van der Waals surface area contributed by atoms with E-state index in [2.05, 4.69) is 81.0 Å². The number of nitrogen functional groups attached to an aromatic ring is 1. The minimum absolute atomic E-state index is 0.305. The van der Waals surface area contributed by atoms with Crippen LogP contribution < -0.4 is 15.5 Å². The van der Waals surface area contributed by atoms with E-state index in [4.69, 9.17) is 10.8 Å². The highest BCUT2D eigenvalue weighted by Gasteiger charge is 2.29. The van der Waals surface area contributed by atoms with Gasteiger partial charge in [-0.1, -0.05) is 43.3 Å². The molecular weight excluding hydrogens is 432 g/mol. The van der Waals surface area contributed by atoms with Gasteiger partial charge < -0.3 is 15.5 Å². The van der Waals surface area contributed by atoms with E-state index in [1.165, 1.54) is 47.1 Å². The van der Waals surface area contributed by atoms with Crippen LogP contribution in [0.5, 0.6) is 0 Å². The summed E-state index contributed by atoms with van der Waals surface area (Å²) in [6.07, 6.45) is 5.75. The molecule has 180 valence electrons. The van der Waals surface area contributed by atoms with Crippen molar-refractivity contribution < 1.29 is 0 Å². The van der Waals surface area contributed by atoms with E-state index in [0.29, 0.717) is 17.9 Å². The molecule has 1 unspecified atom stereocenters. The monoisotopic (exact) mass is 466 g/mol. The number of nitrogens with zero attached hydrogens (tertiary/aromatic N) is 5. The van der Waals surface area contributed by atoms with Gasteiger partial charge in [-0.25, -0.2) is 4.98 Å². The fourth-order valence-electron chi connectivity index (χ4n) is 5.61. The van der Waals surface area contributed by atoms with E-state index in [1.807, 2.05) is 12.1 Å². The Bertz CT molecular complexity index is 1310. The SMILES string of the molecule is CCc1nn(C2CCC2)c2cc(N3CCN(c4cccc(N)n4)C(Cc4ccccc4)C3)ccc12. The maximum Gasteiger partial charge on any atom is 0.131 e. The normalized spacial score (nSPS) is 18.7. The van der Waals surface area contributed by atoms with Gasteiger partial charge >= 0.3 is 0 Å². The molecule has 6 heteroatoms. The van der Waals surface area contributed by atoms with Crippen LogP contribution in [0.15, 0.2) is 66.7 Å². The number of hydrogen-bond acceptors (Lipinski definition) is 5. The number of anilines is 3. The smallest absolute Gasteiger partial charge is 0.131 e. The molecule has 6 rings (SSSR count). The highest BCUT2D eigenvalue weighted by molar-refractivity contribution is 5.85. The summed E-state index contributed by atoms with van der Waals surface area (Å²) in [6, 6.07) is 24.6. The number of benzene rings is 2. The van der Waals surface area contributed by atoms with Crippen molar-refractivity contribution in [3.8, 4) is 0 Å². The van der Waals surface area contributed by atoms with Crippen molar-refractivity contribution in [2.45, 2.75) is 51.1 Å². The predicted molar refractivity (Wildman–Crippen MR) is 144 cm³/mol. The van der Waals surface area contributed by atoms with Crippen molar-refractivity contribution in [2.75, 3.05) is 35.2 Å². The van der Waals surface area contributed by atoms with Gasteiger partial charge in [0.1, 0.15) is 11.6 Å². The van der Waals surface area contributed by atoms with Crippen LogP contribution in [0.1, 0.15) is 43.5 Å². The fourth-order valence-corrected chi connectivity index (χ4v) is 5.61. The lowest BCUT2D eigenvalue weighted by Gasteiger charge is -2.43. The molecule has 2 aromatic heterocycles. The number of rotatable bonds is 6. The summed E-state index contributed by atoms with van der Waals surface area (Å²) in [5, 5.41) is 6.33. The molecule has 35 heavy (non-hydrogen) atoms. The summed E-state index contributed by atoms with van der Waals surface area (Å²) < 4.78 is 2.32. The molecule has 0 radical (unpaired) electrons. The second-order valence-corrected chi connectivity index (χ2v) is 9.93. The molecule has 0 amide bonds. The Morgan fingerprint density at radius 1 is 0.971 bits per heavy atom. The molecule has 1 aliphatic heterocycles. The van der Waals surface area contributed by atoms with Crippen LogP contribution in [-0.2, 0) is 12.8 Å². The minimum atomic E-state index is 0.305. The van der Waals surface area contributed by atoms with Crippen LogP contribution in [0.3, 0.4) is 0 Å². The van der Waals surface area contributed by atoms with Gasteiger partial charge in [0.05, 0.1) is 23.3 Å². The molecule has 1 saturated heterocycles. The van der Waals surface area contributed by atoms with E-state index >= 15 is 0 Å². The summed E-state index contributed by atoms with van der Waals surface area (Å²) in [5.74, 6) is 1.54. The van der Waals surface area contributed by atoms with Crippen LogP contribution in [0, 0.1) is 0 Å². The average molecular weight is 467 g/mol.